The van der Waals surface area contributed by atoms with Gasteiger partial charge in [-0.2, -0.15) is 0 Å². The molecular weight excluding hydrogens is 476 g/mol. The van der Waals surface area contributed by atoms with E-state index in [1.807, 2.05) is 6.07 Å². The molecule has 11 heteroatoms. The Morgan fingerprint density at radius 3 is 2.05 bits per heavy atom. The van der Waals surface area contributed by atoms with Gasteiger partial charge in [-0.15, -0.1) is 0 Å². The van der Waals surface area contributed by atoms with Crippen molar-refractivity contribution in [2.45, 2.75) is 45.1 Å². The van der Waals surface area contributed by atoms with Gasteiger partial charge < -0.3 is 32.9 Å². The van der Waals surface area contributed by atoms with E-state index >= 15 is 0 Å². The zero-order valence-electron chi connectivity index (χ0n) is 21.0. The third-order valence-electron chi connectivity index (χ3n) is 5.02. The van der Waals surface area contributed by atoms with Crippen LogP contribution in [0.5, 0.6) is 0 Å². The quantitative estimate of drug-likeness (QED) is 0.131. The molecular formula is C26H36N6O5. The van der Waals surface area contributed by atoms with Crippen LogP contribution in [-0.2, 0) is 19.2 Å². The first-order valence-corrected chi connectivity index (χ1v) is 11.8. The number of hydrogen-bond acceptors (Lipinski definition) is 5. The molecule has 0 spiro atoms. The van der Waals surface area contributed by atoms with Gasteiger partial charge in [0.05, 0.1) is 6.54 Å². The molecule has 0 radical (unpaired) electrons. The summed E-state index contributed by atoms with van der Waals surface area (Å²) in [7, 11) is 0. The minimum Gasteiger partial charge on any atom is -0.481 e. The molecule has 0 fully saturated rings. The van der Waals surface area contributed by atoms with Gasteiger partial charge in [0.1, 0.15) is 6.04 Å². The molecule has 2 rings (SSSR count). The highest BCUT2D eigenvalue weighted by molar-refractivity contribution is 5.89. The number of primary amides is 1. The van der Waals surface area contributed by atoms with Crippen LogP contribution in [0, 0.1) is 6.92 Å². The second kappa shape index (κ2) is 17.1. The summed E-state index contributed by atoms with van der Waals surface area (Å²) < 4.78 is 0. The van der Waals surface area contributed by atoms with Crippen LogP contribution < -0.4 is 27.8 Å². The molecule has 3 amide bonds. The zero-order chi connectivity index (χ0) is 27.6. The number of carboxylic acid groups (broad SMARTS) is 1. The number of aliphatic imine (C=N–C) groups is 1. The van der Waals surface area contributed by atoms with Crippen molar-refractivity contribution in [1.29, 1.82) is 0 Å². The van der Waals surface area contributed by atoms with Gasteiger partial charge in [-0.1, -0.05) is 60.2 Å². The number of aliphatic carboxylic acids is 1. The van der Waals surface area contributed by atoms with Crippen molar-refractivity contribution < 1.29 is 24.3 Å². The summed E-state index contributed by atoms with van der Waals surface area (Å²) in [5.74, 6) is -2.80. The van der Waals surface area contributed by atoms with E-state index in [-0.39, 0.29) is 38.2 Å². The summed E-state index contributed by atoms with van der Waals surface area (Å²) >= 11 is 0. The number of benzene rings is 2. The highest BCUT2D eigenvalue weighted by Gasteiger charge is 2.17. The standard InChI is InChI=1S/C13H24N6O5.C13H12/c14-12(24)8(3-2-6-17-13(15)16)19-10(21)7-18-9(20)4-1-5-11(22)23;1-11-7-9-13(10-8-11)12-5-3-2-4-6-12/h8H,1-7H2,(H2,14,24)(H,18,20)(H,19,21)(H,22,23)(H4,15,16,17);2-10H,1H3. The van der Waals surface area contributed by atoms with Gasteiger partial charge in [0.2, 0.25) is 17.7 Å². The normalized spacial score (nSPS) is 10.7. The summed E-state index contributed by atoms with van der Waals surface area (Å²) in [5.41, 5.74) is 19.4. The van der Waals surface area contributed by atoms with E-state index in [4.69, 9.17) is 22.3 Å². The fourth-order valence-corrected chi connectivity index (χ4v) is 3.08. The van der Waals surface area contributed by atoms with Crippen LogP contribution >= 0.6 is 0 Å². The Labute approximate surface area is 216 Å². The van der Waals surface area contributed by atoms with Crippen molar-refractivity contribution in [2.75, 3.05) is 13.1 Å². The molecule has 37 heavy (non-hydrogen) atoms. The molecule has 0 saturated heterocycles. The second-order valence-electron chi connectivity index (χ2n) is 8.23. The SMILES string of the molecule is Cc1ccc(-c2ccccc2)cc1.NC(=O)C(CCCN=C(N)N)NC(=O)CNC(=O)CCCC(=O)O. The molecule has 0 aliphatic carbocycles. The lowest BCUT2D eigenvalue weighted by atomic mass is 10.0. The number of carbonyl (C=O) groups excluding carboxylic acids is 3. The number of rotatable bonds is 13. The van der Waals surface area contributed by atoms with Crippen LogP contribution in [0.4, 0.5) is 0 Å². The van der Waals surface area contributed by atoms with Crippen LogP contribution in [0.15, 0.2) is 59.6 Å². The first-order valence-electron chi connectivity index (χ1n) is 11.8. The summed E-state index contributed by atoms with van der Waals surface area (Å²) in [5, 5.41) is 13.2. The van der Waals surface area contributed by atoms with Crippen LogP contribution in [0.2, 0.25) is 0 Å². The van der Waals surface area contributed by atoms with Gasteiger partial charge in [-0.3, -0.25) is 24.2 Å². The molecule has 200 valence electrons. The van der Waals surface area contributed by atoms with Gasteiger partial charge >= 0.3 is 5.97 Å². The number of nitrogens with one attached hydrogen (secondary N) is 2. The van der Waals surface area contributed by atoms with Gasteiger partial charge in [0.15, 0.2) is 5.96 Å². The van der Waals surface area contributed by atoms with Crippen LogP contribution in [-0.4, -0.2) is 53.9 Å². The molecule has 1 unspecified atom stereocenters. The van der Waals surface area contributed by atoms with Crippen LogP contribution in [0.1, 0.15) is 37.7 Å². The van der Waals surface area contributed by atoms with E-state index in [9.17, 15) is 19.2 Å². The van der Waals surface area contributed by atoms with Gasteiger partial charge in [-0.25, -0.2) is 0 Å². The highest BCUT2D eigenvalue weighted by atomic mass is 16.4. The van der Waals surface area contributed by atoms with E-state index in [0.29, 0.717) is 13.0 Å². The number of nitrogens with zero attached hydrogens (tertiary/aromatic N) is 1. The van der Waals surface area contributed by atoms with E-state index in [1.165, 1.54) is 16.7 Å². The Bertz CT molecular complexity index is 1040. The molecule has 0 aliphatic heterocycles. The summed E-state index contributed by atoms with van der Waals surface area (Å²) in [4.78, 5) is 48.4. The van der Waals surface area contributed by atoms with Gasteiger partial charge in [0.25, 0.3) is 0 Å². The average Bonchev–Trinajstić information content (AvgIpc) is 2.85. The van der Waals surface area contributed by atoms with Crippen molar-refractivity contribution >= 4 is 29.7 Å². The van der Waals surface area contributed by atoms with Gasteiger partial charge in [0, 0.05) is 19.4 Å². The number of carbonyl (C=O) groups is 4. The van der Waals surface area contributed by atoms with Crippen molar-refractivity contribution in [3.63, 3.8) is 0 Å². The average molecular weight is 513 g/mol. The lowest BCUT2D eigenvalue weighted by molar-refractivity contribution is -0.137. The summed E-state index contributed by atoms with van der Waals surface area (Å²) in [6, 6.07) is 18.1. The molecule has 1 atom stereocenters. The maximum Gasteiger partial charge on any atom is 0.303 e. The van der Waals surface area contributed by atoms with Gasteiger partial charge in [-0.05, 0) is 37.3 Å². The predicted octanol–water partition coefficient (Wildman–Crippen LogP) is 1.04. The topological polar surface area (TPSA) is 203 Å². The molecule has 11 nitrogen and oxygen atoms in total. The van der Waals surface area contributed by atoms with Crippen LogP contribution in [0.3, 0.4) is 0 Å². The van der Waals surface area contributed by atoms with E-state index in [1.54, 1.807) is 0 Å². The second-order valence-corrected chi connectivity index (χ2v) is 8.23. The molecule has 2 aromatic rings. The van der Waals surface area contributed by atoms with Crippen molar-refractivity contribution in [3.8, 4) is 11.1 Å². The highest BCUT2D eigenvalue weighted by Crippen LogP contribution is 2.18. The van der Waals surface area contributed by atoms with E-state index in [2.05, 4.69) is 71.1 Å². The Hall–Kier alpha value is -4.41. The van der Waals surface area contributed by atoms with E-state index in [0.717, 1.165) is 0 Å². The third-order valence-corrected chi connectivity index (χ3v) is 5.02. The van der Waals surface area contributed by atoms with E-state index < -0.39 is 29.7 Å². The van der Waals surface area contributed by atoms with Crippen molar-refractivity contribution in [3.05, 3.63) is 60.2 Å². The fraction of sp³-hybridized carbons (Fsp3) is 0.346. The smallest absolute Gasteiger partial charge is 0.303 e. The Balaban J connectivity index is 0.000000435. The summed E-state index contributed by atoms with van der Waals surface area (Å²) in [6.45, 7) is 2.07. The molecule has 0 aromatic heterocycles. The molecule has 9 N–H and O–H groups in total. The van der Waals surface area contributed by atoms with Crippen molar-refractivity contribution in [2.24, 2.45) is 22.2 Å². The molecule has 0 bridgehead atoms. The zero-order valence-corrected chi connectivity index (χ0v) is 21.0. The number of carboxylic acids is 1. The minimum absolute atomic E-state index is 0.00264. The number of hydrogen-bond donors (Lipinski definition) is 6. The molecule has 2 aromatic carbocycles. The molecule has 0 aliphatic rings. The third kappa shape index (κ3) is 14.6. The number of amides is 3. The predicted molar refractivity (Wildman–Crippen MR) is 142 cm³/mol. The Morgan fingerprint density at radius 1 is 0.865 bits per heavy atom. The lowest BCUT2D eigenvalue weighted by Crippen LogP contribution is -2.48. The maximum absolute atomic E-state index is 11.7. The fourth-order valence-electron chi connectivity index (χ4n) is 3.08. The monoisotopic (exact) mass is 512 g/mol. The number of guanidine groups is 1. The first kappa shape index (κ1) is 30.6. The number of nitrogens with two attached hydrogens (primary N) is 3. The number of aryl methyl sites for hydroxylation is 1. The van der Waals surface area contributed by atoms with Crippen LogP contribution in [0.25, 0.3) is 11.1 Å². The first-order chi connectivity index (χ1) is 17.6. The maximum atomic E-state index is 11.7. The molecule has 0 heterocycles. The minimum atomic E-state index is -0.995. The summed E-state index contributed by atoms with van der Waals surface area (Å²) in [6.07, 6.45) is 0.742. The largest absolute Gasteiger partial charge is 0.481 e. The Kier molecular flexibility index (Phi) is 14.1. The molecule has 0 saturated carbocycles. The lowest BCUT2D eigenvalue weighted by Gasteiger charge is -2.15. The van der Waals surface area contributed by atoms with Crippen molar-refractivity contribution in [1.82, 2.24) is 10.6 Å². The Morgan fingerprint density at radius 2 is 1.49 bits per heavy atom.